The first kappa shape index (κ1) is 14.1. The van der Waals surface area contributed by atoms with Crippen LogP contribution in [0.5, 0.6) is 5.75 Å². The SMILES string of the molecule is Cc1cc(OC(=O)c2ccc(C)c(Br)c2)ccc1Cl. The van der Waals surface area contributed by atoms with Crippen molar-refractivity contribution in [2.24, 2.45) is 0 Å². The largest absolute Gasteiger partial charge is 0.423 e. The minimum atomic E-state index is -0.387. The number of rotatable bonds is 2. The number of halogens is 2. The Kier molecular flexibility index (Phi) is 4.27. The van der Waals surface area contributed by atoms with Crippen molar-refractivity contribution in [3.05, 3.63) is 62.6 Å². The third kappa shape index (κ3) is 3.37. The number of ether oxygens (including phenoxy) is 1. The zero-order valence-electron chi connectivity index (χ0n) is 10.5. The molecule has 2 rings (SSSR count). The van der Waals surface area contributed by atoms with Gasteiger partial charge in [-0.25, -0.2) is 4.79 Å². The van der Waals surface area contributed by atoms with E-state index in [4.69, 9.17) is 16.3 Å². The fourth-order valence-corrected chi connectivity index (χ4v) is 2.06. The maximum atomic E-state index is 12.0. The summed E-state index contributed by atoms with van der Waals surface area (Å²) < 4.78 is 6.20. The first-order valence-corrected chi connectivity index (χ1v) is 6.89. The Balaban J connectivity index is 2.20. The number of hydrogen-bond donors (Lipinski definition) is 0. The smallest absolute Gasteiger partial charge is 0.343 e. The molecule has 0 saturated carbocycles. The number of carbonyl (C=O) groups excluding carboxylic acids is 1. The molecule has 0 atom stereocenters. The molecule has 0 aliphatic heterocycles. The molecule has 0 bridgehead atoms. The number of aryl methyl sites for hydroxylation is 2. The van der Waals surface area contributed by atoms with Crippen LogP contribution in [0, 0.1) is 13.8 Å². The van der Waals surface area contributed by atoms with Crippen molar-refractivity contribution in [2.45, 2.75) is 13.8 Å². The van der Waals surface area contributed by atoms with Gasteiger partial charge in [0.15, 0.2) is 0 Å². The molecule has 0 unspecified atom stereocenters. The van der Waals surface area contributed by atoms with E-state index in [-0.39, 0.29) is 5.97 Å². The highest BCUT2D eigenvalue weighted by atomic mass is 79.9. The monoisotopic (exact) mass is 338 g/mol. The van der Waals surface area contributed by atoms with Gasteiger partial charge in [-0.05, 0) is 55.3 Å². The average Bonchev–Trinajstić information content (AvgIpc) is 2.37. The molecule has 0 spiro atoms. The third-order valence-corrected chi connectivity index (χ3v) is 4.03. The summed E-state index contributed by atoms with van der Waals surface area (Å²) in [5.74, 6) is 0.103. The van der Waals surface area contributed by atoms with Crippen LogP contribution in [-0.2, 0) is 0 Å². The molecule has 0 aliphatic rings. The maximum absolute atomic E-state index is 12.0. The Hall–Kier alpha value is -1.32. The van der Waals surface area contributed by atoms with Crippen molar-refractivity contribution >= 4 is 33.5 Å². The number of esters is 1. The predicted octanol–water partition coefficient (Wildman–Crippen LogP) is 4.94. The highest BCUT2D eigenvalue weighted by Crippen LogP contribution is 2.23. The molecule has 0 amide bonds. The van der Waals surface area contributed by atoms with E-state index in [1.165, 1.54) is 0 Å². The second kappa shape index (κ2) is 5.76. The van der Waals surface area contributed by atoms with Gasteiger partial charge in [0.05, 0.1) is 5.56 Å². The highest BCUT2D eigenvalue weighted by molar-refractivity contribution is 9.10. The Bertz CT molecular complexity index is 638. The third-order valence-electron chi connectivity index (χ3n) is 2.75. The molecule has 0 saturated heterocycles. The molecule has 0 N–H and O–H groups in total. The lowest BCUT2D eigenvalue weighted by molar-refractivity contribution is 0.0734. The number of carbonyl (C=O) groups is 1. The zero-order valence-corrected chi connectivity index (χ0v) is 12.9. The number of hydrogen-bond acceptors (Lipinski definition) is 2. The lowest BCUT2D eigenvalue weighted by atomic mass is 10.1. The van der Waals surface area contributed by atoms with Gasteiger partial charge in [0.2, 0.25) is 0 Å². The van der Waals surface area contributed by atoms with Gasteiger partial charge in [-0.1, -0.05) is 33.6 Å². The fourth-order valence-electron chi connectivity index (χ4n) is 1.57. The molecule has 19 heavy (non-hydrogen) atoms. The van der Waals surface area contributed by atoms with Crippen LogP contribution < -0.4 is 4.74 Å². The van der Waals surface area contributed by atoms with E-state index < -0.39 is 0 Å². The summed E-state index contributed by atoms with van der Waals surface area (Å²) in [6, 6.07) is 10.5. The first-order chi connectivity index (χ1) is 8.97. The summed E-state index contributed by atoms with van der Waals surface area (Å²) in [5, 5.41) is 0.651. The Morgan fingerprint density at radius 2 is 1.84 bits per heavy atom. The van der Waals surface area contributed by atoms with Crippen LogP contribution in [0.2, 0.25) is 5.02 Å². The topological polar surface area (TPSA) is 26.3 Å². The van der Waals surface area contributed by atoms with Gasteiger partial charge in [-0.15, -0.1) is 0 Å². The van der Waals surface area contributed by atoms with E-state index in [1.54, 1.807) is 30.3 Å². The molecule has 0 aliphatic carbocycles. The molecule has 98 valence electrons. The van der Waals surface area contributed by atoms with Crippen molar-refractivity contribution in [2.75, 3.05) is 0 Å². The molecule has 0 heterocycles. The van der Waals surface area contributed by atoms with Gasteiger partial charge >= 0.3 is 5.97 Å². The molecular weight excluding hydrogens is 328 g/mol. The van der Waals surface area contributed by atoms with E-state index in [2.05, 4.69) is 15.9 Å². The van der Waals surface area contributed by atoms with E-state index in [1.807, 2.05) is 19.9 Å². The molecule has 0 aromatic heterocycles. The van der Waals surface area contributed by atoms with E-state index in [0.717, 1.165) is 15.6 Å². The Morgan fingerprint density at radius 1 is 1.11 bits per heavy atom. The van der Waals surface area contributed by atoms with Crippen molar-refractivity contribution < 1.29 is 9.53 Å². The molecule has 2 aromatic rings. The molecule has 2 nitrogen and oxygen atoms in total. The van der Waals surface area contributed by atoms with E-state index >= 15 is 0 Å². The predicted molar refractivity (Wildman–Crippen MR) is 80.0 cm³/mol. The summed E-state index contributed by atoms with van der Waals surface area (Å²) in [5.41, 5.74) is 2.45. The van der Waals surface area contributed by atoms with Crippen LogP contribution in [0.15, 0.2) is 40.9 Å². The van der Waals surface area contributed by atoms with Gasteiger partial charge in [0.1, 0.15) is 5.75 Å². The minimum absolute atomic E-state index is 0.387. The van der Waals surface area contributed by atoms with E-state index in [0.29, 0.717) is 16.3 Å². The van der Waals surface area contributed by atoms with Crippen molar-refractivity contribution in [1.82, 2.24) is 0 Å². The normalized spacial score (nSPS) is 10.3. The average molecular weight is 340 g/mol. The lowest BCUT2D eigenvalue weighted by Gasteiger charge is -2.07. The van der Waals surface area contributed by atoms with Crippen molar-refractivity contribution in [3.63, 3.8) is 0 Å². The highest BCUT2D eigenvalue weighted by Gasteiger charge is 2.10. The van der Waals surface area contributed by atoms with Crippen LogP contribution in [0.4, 0.5) is 0 Å². The van der Waals surface area contributed by atoms with Crippen LogP contribution in [0.1, 0.15) is 21.5 Å². The van der Waals surface area contributed by atoms with Crippen LogP contribution in [0.3, 0.4) is 0 Å². The summed E-state index contributed by atoms with van der Waals surface area (Å²) in [4.78, 5) is 12.0. The Labute approximate surface area is 125 Å². The van der Waals surface area contributed by atoms with Gasteiger partial charge < -0.3 is 4.74 Å². The lowest BCUT2D eigenvalue weighted by Crippen LogP contribution is -2.08. The van der Waals surface area contributed by atoms with Crippen LogP contribution in [0.25, 0.3) is 0 Å². The summed E-state index contributed by atoms with van der Waals surface area (Å²) in [6.07, 6.45) is 0. The van der Waals surface area contributed by atoms with Gasteiger partial charge in [0.25, 0.3) is 0 Å². The fraction of sp³-hybridized carbons (Fsp3) is 0.133. The Morgan fingerprint density at radius 3 is 2.47 bits per heavy atom. The standard InChI is InChI=1S/C15H12BrClO2/c1-9-3-4-11(8-13(9)16)15(18)19-12-5-6-14(17)10(2)7-12/h3-8H,1-2H3. The van der Waals surface area contributed by atoms with Crippen molar-refractivity contribution in [3.8, 4) is 5.75 Å². The van der Waals surface area contributed by atoms with Gasteiger partial charge in [-0.2, -0.15) is 0 Å². The zero-order chi connectivity index (χ0) is 14.0. The second-order valence-electron chi connectivity index (χ2n) is 4.26. The summed E-state index contributed by atoms with van der Waals surface area (Å²) >= 11 is 9.32. The van der Waals surface area contributed by atoms with Gasteiger partial charge in [-0.3, -0.25) is 0 Å². The molecule has 2 aromatic carbocycles. The molecule has 0 fully saturated rings. The van der Waals surface area contributed by atoms with Crippen LogP contribution >= 0.6 is 27.5 Å². The molecular formula is C15H12BrClO2. The molecule has 0 radical (unpaired) electrons. The quantitative estimate of drug-likeness (QED) is 0.572. The minimum Gasteiger partial charge on any atom is -0.423 e. The maximum Gasteiger partial charge on any atom is 0.343 e. The van der Waals surface area contributed by atoms with E-state index in [9.17, 15) is 4.79 Å². The summed E-state index contributed by atoms with van der Waals surface area (Å²) in [7, 11) is 0. The molecule has 4 heteroatoms. The van der Waals surface area contributed by atoms with Crippen molar-refractivity contribution in [1.29, 1.82) is 0 Å². The second-order valence-corrected chi connectivity index (χ2v) is 5.53. The first-order valence-electron chi connectivity index (χ1n) is 5.72. The van der Waals surface area contributed by atoms with Gasteiger partial charge in [0, 0.05) is 9.50 Å². The number of benzene rings is 2. The summed E-state index contributed by atoms with van der Waals surface area (Å²) in [6.45, 7) is 3.82. The van der Waals surface area contributed by atoms with Crippen LogP contribution in [-0.4, -0.2) is 5.97 Å².